The van der Waals surface area contributed by atoms with Crippen LogP contribution < -0.4 is 10.0 Å². The second kappa shape index (κ2) is 8.88. The van der Waals surface area contributed by atoms with E-state index in [1.54, 1.807) is 6.92 Å². The Balaban J connectivity index is 2.09. The third-order valence-corrected chi connectivity index (χ3v) is 6.67. The van der Waals surface area contributed by atoms with Gasteiger partial charge >= 0.3 is 12.1 Å². The van der Waals surface area contributed by atoms with Gasteiger partial charge in [-0.3, -0.25) is 4.72 Å². The van der Waals surface area contributed by atoms with Crippen molar-refractivity contribution in [3.8, 4) is 0 Å². The summed E-state index contributed by atoms with van der Waals surface area (Å²) in [5.74, 6) is -0.714. The molecule has 1 aliphatic rings. The molecule has 0 aliphatic carbocycles. The lowest BCUT2D eigenvalue weighted by atomic mass is 10.0. The summed E-state index contributed by atoms with van der Waals surface area (Å²) < 4.78 is 73.3. The van der Waals surface area contributed by atoms with Gasteiger partial charge in [-0.25, -0.2) is 13.2 Å². The first-order chi connectivity index (χ1) is 14.6. The Hall–Kier alpha value is -2.59. The average molecular weight is 456 g/mol. The third-order valence-electron chi connectivity index (χ3n) is 5.22. The van der Waals surface area contributed by atoms with Crippen molar-refractivity contribution in [2.75, 3.05) is 18.4 Å². The van der Waals surface area contributed by atoms with Crippen LogP contribution in [0.4, 0.5) is 18.9 Å². The molecule has 2 N–H and O–H groups in total. The minimum atomic E-state index is -4.62. The molecule has 0 amide bonds. The molecule has 0 radical (unpaired) electrons. The first-order valence-electron chi connectivity index (χ1n) is 9.75. The Morgan fingerprint density at radius 1 is 1.23 bits per heavy atom. The molecular formula is C21H23F3N2O4S. The summed E-state index contributed by atoms with van der Waals surface area (Å²) in [7, 11) is -3.11. The van der Waals surface area contributed by atoms with Gasteiger partial charge in [0.15, 0.2) is 0 Å². The number of methoxy groups -OCH3 is 1. The smallest absolute Gasteiger partial charge is 0.416 e. The summed E-state index contributed by atoms with van der Waals surface area (Å²) in [6.07, 6.45) is -2.77. The van der Waals surface area contributed by atoms with Gasteiger partial charge in [-0.15, -0.1) is 0 Å². The van der Waals surface area contributed by atoms with Crippen LogP contribution in [-0.4, -0.2) is 28.0 Å². The molecule has 31 heavy (non-hydrogen) atoms. The third kappa shape index (κ3) is 5.01. The topological polar surface area (TPSA) is 84.5 Å². The lowest BCUT2D eigenvalue weighted by Gasteiger charge is -2.20. The van der Waals surface area contributed by atoms with Crippen LogP contribution in [0.3, 0.4) is 0 Å². The monoisotopic (exact) mass is 456 g/mol. The number of benzene rings is 2. The molecule has 0 saturated carbocycles. The van der Waals surface area contributed by atoms with Crippen molar-refractivity contribution in [3.63, 3.8) is 0 Å². The highest BCUT2D eigenvalue weighted by Crippen LogP contribution is 2.37. The van der Waals surface area contributed by atoms with Gasteiger partial charge in [0.1, 0.15) is 0 Å². The number of ether oxygens (including phenoxy) is 1. The predicted molar refractivity (Wildman–Crippen MR) is 109 cm³/mol. The zero-order valence-corrected chi connectivity index (χ0v) is 17.9. The maximum atomic E-state index is 13.3. The Kier molecular flexibility index (Phi) is 6.61. The van der Waals surface area contributed by atoms with Gasteiger partial charge in [0.25, 0.3) is 10.0 Å². The summed E-state index contributed by atoms with van der Waals surface area (Å²) >= 11 is 0. The number of carbonyl (C=O) groups is 1. The average Bonchev–Trinajstić information content (AvgIpc) is 3.26. The van der Waals surface area contributed by atoms with Crippen molar-refractivity contribution in [1.29, 1.82) is 0 Å². The zero-order valence-electron chi connectivity index (χ0n) is 17.0. The number of anilines is 1. The number of hydrogen-bond acceptors (Lipinski definition) is 5. The quantitative estimate of drug-likeness (QED) is 0.634. The van der Waals surface area contributed by atoms with Gasteiger partial charge in [-0.05, 0) is 61.2 Å². The lowest BCUT2D eigenvalue weighted by molar-refractivity contribution is -0.137. The molecule has 1 aliphatic heterocycles. The van der Waals surface area contributed by atoms with Crippen LogP contribution in [0.1, 0.15) is 52.9 Å². The molecular weight excluding hydrogens is 433 g/mol. The van der Waals surface area contributed by atoms with Gasteiger partial charge < -0.3 is 10.1 Å². The highest BCUT2D eigenvalue weighted by molar-refractivity contribution is 7.92. The molecule has 2 aromatic rings. The van der Waals surface area contributed by atoms with Gasteiger partial charge in [-0.1, -0.05) is 19.1 Å². The number of sulfonamides is 1. The largest absolute Gasteiger partial charge is 0.465 e. The highest BCUT2D eigenvalue weighted by atomic mass is 32.2. The first kappa shape index (κ1) is 23.1. The van der Waals surface area contributed by atoms with Crippen LogP contribution in [0.5, 0.6) is 0 Å². The normalized spacial score (nSPS) is 16.9. The van der Waals surface area contributed by atoms with E-state index in [9.17, 15) is 26.4 Å². The van der Waals surface area contributed by atoms with Gasteiger partial charge in [0.05, 0.1) is 28.8 Å². The molecule has 0 spiro atoms. The van der Waals surface area contributed by atoms with Gasteiger partial charge in [-0.2, -0.15) is 13.2 Å². The number of esters is 1. The maximum absolute atomic E-state index is 13.3. The van der Waals surface area contributed by atoms with Crippen molar-refractivity contribution in [3.05, 3.63) is 58.7 Å². The number of halogens is 3. The fourth-order valence-electron chi connectivity index (χ4n) is 3.62. The second-order valence-electron chi connectivity index (χ2n) is 7.22. The van der Waals surface area contributed by atoms with Crippen LogP contribution in [0.15, 0.2) is 41.3 Å². The number of aryl methyl sites for hydroxylation is 1. The van der Waals surface area contributed by atoms with Crippen LogP contribution in [-0.2, 0) is 27.4 Å². The fraction of sp³-hybridized carbons (Fsp3) is 0.381. The van der Waals surface area contributed by atoms with Crippen LogP contribution in [0, 0.1) is 0 Å². The van der Waals surface area contributed by atoms with Gasteiger partial charge in [0.2, 0.25) is 0 Å². The molecule has 1 unspecified atom stereocenters. The molecule has 1 saturated heterocycles. The van der Waals surface area contributed by atoms with E-state index in [0.717, 1.165) is 18.6 Å². The standard InChI is InChI=1S/C21H23F3N2O4S/c1-3-13-6-7-14(20(27)30-2)11-19(13)31(28,29)26-18-12-15(21(22,23)24)8-9-16(18)17-5-4-10-25-17/h6-9,11-12,17,25-26H,3-5,10H2,1-2H3. The van der Waals surface area contributed by atoms with Crippen molar-refractivity contribution in [2.45, 2.75) is 43.3 Å². The van der Waals surface area contributed by atoms with E-state index >= 15 is 0 Å². The van der Waals surface area contributed by atoms with Crippen molar-refractivity contribution < 1.29 is 31.1 Å². The van der Waals surface area contributed by atoms with Crippen LogP contribution in [0.2, 0.25) is 0 Å². The van der Waals surface area contributed by atoms with Crippen molar-refractivity contribution in [2.24, 2.45) is 0 Å². The minimum Gasteiger partial charge on any atom is -0.465 e. The number of hydrogen-bond donors (Lipinski definition) is 2. The summed E-state index contributed by atoms with van der Waals surface area (Å²) in [6.45, 7) is 2.43. The Bertz CT molecular complexity index is 1080. The summed E-state index contributed by atoms with van der Waals surface area (Å²) in [5, 5.41) is 3.17. The number of carbonyl (C=O) groups excluding carboxylic acids is 1. The Morgan fingerprint density at radius 3 is 2.55 bits per heavy atom. The van der Waals surface area contributed by atoms with Crippen LogP contribution in [0.25, 0.3) is 0 Å². The highest BCUT2D eigenvalue weighted by Gasteiger charge is 2.33. The molecule has 10 heteroatoms. The Labute approximate surface area is 178 Å². The van der Waals surface area contributed by atoms with E-state index < -0.39 is 27.7 Å². The predicted octanol–water partition coefficient (Wildman–Crippen LogP) is 4.28. The van der Waals surface area contributed by atoms with E-state index in [2.05, 4.69) is 14.8 Å². The summed E-state index contributed by atoms with van der Waals surface area (Å²) in [6, 6.07) is 6.91. The molecule has 3 rings (SSSR count). The fourth-order valence-corrected chi connectivity index (χ4v) is 5.03. The van der Waals surface area contributed by atoms with E-state index in [4.69, 9.17) is 0 Å². The molecule has 6 nitrogen and oxygen atoms in total. The zero-order chi connectivity index (χ0) is 22.8. The van der Waals surface area contributed by atoms with E-state index in [1.807, 2.05) is 0 Å². The SMILES string of the molecule is CCc1ccc(C(=O)OC)cc1S(=O)(=O)Nc1cc(C(F)(F)F)ccc1C1CCCN1. The summed E-state index contributed by atoms with van der Waals surface area (Å²) in [4.78, 5) is 11.7. The molecule has 0 aromatic heterocycles. The number of alkyl halides is 3. The Morgan fingerprint density at radius 2 is 1.97 bits per heavy atom. The molecule has 1 heterocycles. The maximum Gasteiger partial charge on any atom is 0.416 e. The van der Waals surface area contributed by atoms with Gasteiger partial charge in [0, 0.05) is 6.04 Å². The second-order valence-corrected chi connectivity index (χ2v) is 8.87. The number of rotatable bonds is 6. The van der Waals surface area contributed by atoms with Crippen molar-refractivity contribution in [1.82, 2.24) is 5.32 Å². The number of nitrogens with one attached hydrogen (secondary N) is 2. The first-order valence-corrected chi connectivity index (χ1v) is 11.2. The van der Waals surface area contributed by atoms with Crippen molar-refractivity contribution >= 4 is 21.7 Å². The molecule has 0 bridgehead atoms. The molecule has 1 atom stereocenters. The summed E-state index contributed by atoms with van der Waals surface area (Å²) in [5.41, 5.74) is -0.198. The van der Waals surface area contributed by atoms with Crippen LogP contribution >= 0.6 is 0 Å². The molecule has 168 valence electrons. The van der Waals surface area contributed by atoms with E-state index in [0.29, 0.717) is 30.5 Å². The van der Waals surface area contributed by atoms with E-state index in [-0.39, 0.29) is 22.2 Å². The lowest BCUT2D eigenvalue weighted by Crippen LogP contribution is -2.21. The molecule has 2 aromatic carbocycles. The van der Waals surface area contributed by atoms with E-state index in [1.165, 1.54) is 31.4 Å². The molecule has 1 fully saturated rings. The minimum absolute atomic E-state index is 0.0294.